The highest BCUT2D eigenvalue weighted by atomic mass is 16.5. The Balaban J connectivity index is 1.87. The van der Waals surface area contributed by atoms with E-state index in [-0.39, 0.29) is 23.4 Å². The first-order valence-corrected chi connectivity index (χ1v) is 8.82. The Labute approximate surface area is 143 Å². The molecule has 0 aliphatic heterocycles. The van der Waals surface area contributed by atoms with Gasteiger partial charge in [0.05, 0.1) is 11.9 Å². The summed E-state index contributed by atoms with van der Waals surface area (Å²) in [5.41, 5.74) is 1.88. The third-order valence-electron chi connectivity index (χ3n) is 6.55. The van der Waals surface area contributed by atoms with E-state index >= 15 is 0 Å². The van der Waals surface area contributed by atoms with Crippen LogP contribution < -0.4 is 0 Å². The number of hydrogen-bond acceptors (Lipinski definition) is 4. The number of aliphatic hydroxyl groups is 1. The summed E-state index contributed by atoms with van der Waals surface area (Å²) in [7, 11) is 0. The average molecular weight is 332 g/mol. The molecule has 132 valence electrons. The first-order valence-electron chi connectivity index (χ1n) is 8.82. The summed E-state index contributed by atoms with van der Waals surface area (Å²) >= 11 is 0. The lowest BCUT2D eigenvalue weighted by Crippen LogP contribution is -2.60. The van der Waals surface area contributed by atoms with Gasteiger partial charge in [0.15, 0.2) is 0 Å². The molecule has 1 aromatic rings. The average Bonchev–Trinajstić information content (AvgIpc) is 2.85. The second kappa shape index (κ2) is 5.76. The van der Waals surface area contributed by atoms with Crippen LogP contribution in [0.1, 0.15) is 57.4 Å². The van der Waals surface area contributed by atoms with Crippen molar-refractivity contribution < 1.29 is 19.1 Å². The van der Waals surface area contributed by atoms with E-state index in [0.717, 1.165) is 24.2 Å². The summed E-state index contributed by atoms with van der Waals surface area (Å²) in [5.74, 6) is 0.853. The van der Waals surface area contributed by atoms with Gasteiger partial charge in [-0.15, -0.1) is 0 Å². The summed E-state index contributed by atoms with van der Waals surface area (Å²) in [4.78, 5) is 12.1. The molecule has 4 unspecified atom stereocenters. The van der Waals surface area contributed by atoms with Crippen molar-refractivity contribution in [1.82, 2.24) is 0 Å². The second-order valence-electron chi connectivity index (χ2n) is 7.96. The number of ether oxygens (including phenoxy) is 1. The molecule has 0 bridgehead atoms. The predicted molar refractivity (Wildman–Crippen MR) is 91.6 cm³/mol. The van der Waals surface area contributed by atoms with E-state index in [4.69, 9.17) is 9.15 Å². The minimum Gasteiger partial charge on any atom is -0.469 e. The molecule has 0 aromatic carbocycles. The van der Waals surface area contributed by atoms with E-state index in [2.05, 4.69) is 20.8 Å². The third kappa shape index (κ3) is 2.52. The fourth-order valence-corrected chi connectivity index (χ4v) is 4.41. The fraction of sp³-hybridized carbons (Fsp3) is 0.650. The molecule has 24 heavy (non-hydrogen) atoms. The number of hydrogen-bond donors (Lipinski definition) is 1. The summed E-state index contributed by atoms with van der Waals surface area (Å²) in [6.45, 7) is 9.97. The van der Waals surface area contributed by atoms with Crippen LogP contribution in [0.25, 0.3) is 0 Å². The van der Waals surface area contributed by atoms with Gasteiger partial charge in [-0.3, -0.25) is 0 Å². The maximum Gasteiger partial charge on any atom is 0.333 e. The van der Waals surface area contributed by atoms with Crippen molar-refractivity contribution in [3.8, 4) is 0 Å². The largest absolute Gasteiger partial charge is 0.469 e. The smallest absolute Gasteiger partial charge is 0.333 e. The number of furan rings is 1. The molecule has 1 fully saturated rings. The van der Waals surface area contributed by atoms with E-state index in [1.165, 1.54) is 5.56 Å². The van der Waals surface area contributed by atoms with Crippen molar-refractivity contribution >= 4 is 5.97 Å². The van der Waals surface area contributed by atoms with Gasteiger partial charge in [0.25, 0.3) is 0 Å². The molecule has 0 saturated heterocycles. The summed E-state index contributed by atoms with van der Waals surface area (Å²) in [6.07, 6.45) is 5.85. The van der Waals surface area contributed by atoms with Crippen molar-refractivity contribution in [2.45, 2.75) is 72.0 Å². The number of rotatable bonds is 2. The number of fused-ring (bicyclic) bond motifs is 2. The zero-order valence-corrected chi connectivity index (χ0v) is 15.3. The van der Waals surface area contributed by atoms with Crippen molar-refractivity contribution in [1.29, 1.82) is 0 Å². The Morgan fingerprint density at radius 1 is 1.46 bits per heavy atom. The van der Waals surface area contributed by atoms with E-state index < -0.39 is 5.60 Å². The summed E-state index contributed by atoms with van der Waals surface area (Å²) < 4.78 is 11.3. The molecule has 3 rings (SSSR count). The normalized spacial score (nSPS) is 36.0. The SMILES string of the molecule is CC=C(C)C(=O)OC1CC(C)C2(C)Cc3c(C)coc3CC2(O)C1. The van der Waals surface area contributed by atoms with Crippen molar-refractivity contribution in [2.24, 2.45) is 11.3 Å². The van der Waals surface area contributed by atoms with Gasteiger partial charge < -0.3 is 14.3 Å². The number of carbonyl (C=O) groups excluding carboxylic acids is 1. The molecular weight excluding hydrogens is 304 g/mol. The lowest BCUT2D eigenvalue weighted by atomic mass is 9.52. The van der Waals surface area contributed by atoms with Gasteiger partial charge in [-0.05, 0) is 50.7 Å². The predicted octanol–water partition coefficient (Wildman–Crippen LogP) is 3.73. The lowest BCUT2D eigenvalue weighted by molar-refractivity contribution is -0.185. The Morgan fingerprint density at radius 2 is 2.17 bits per heavy atom. The standard InChI is InChI=1S/C20H28O4/c1-6-12(2)18(21)24-15-7-14(4)19(5)9-16-13(3)11-23-17(16)10-20(19,22)8-15/h6,11,14-15,22H,7-10H2,1-5H3. The van der Waals surface area contributed by atoms with E-state index in [9.17, 15) is 9.90 Å². The van der Waals surface area contributed by atoms with E-state index in [1.54, 1.807) is 19.3 Å². The maximum atomic E-state index is 12.1. The maximum absolute atomic E-state index is 12.1. The van der Waals surface area contributed by atoms with Crippen molar-refractivity contribution in [3.63, 3.8) is 0 Å². The number of esters is 1. The van der Waals surface area contributed by atoms with Crippen LogP contribution >= 0.6 is 0 Å². The van der Waals surface area contributed by atoms with Gasteiger partial charge >= 0.3 is 5.97 Å². The molecule has 1 aromatic heterocycles. The summed E-state index contributed by atoms with van der Waals surface area (Å²) in [5, 5.41) is 11.5. The highest BCUT2D eigenvalue weighted by molar-refractivity contribution is 5.87. The minimum atomic E-state index is -0.906. The number of aryl methyl sites for hydroxylation is 1. The summed E-state index contributed by atoms with van der Waals surface area (Å²) in [6, 6.07) is 0. The zero-order chi connectivity index (χ0) is 17.7. The monoisotopic (exact) mass is 332 g/mol. The van der Waals surface area contributed by atoms with Gasteiger partial charge in [0, 0.05) is 23.8 Å². The first-order chi connectivity index (χ1) is 11.2. The van der Waals surface area contributed by atoms with Crippen LogP contribution in [0.15, 0.2) is 22.3 Å². The molecule has 1 N–H and O–H groups in total. The Morgan fingerprint density at radius 3 is 2.83 bits per heavy atom. The molecule has 2 aliphatic rings. The highest BCUT2D eigenvalue weighted by Gasteiger charge is 2.58. The molecular formula is C20H28O4. The first kappa shape index (κ1) is 17.3. The van der Waals surface area contributed by atoms with Crippen LogP contribution in [0.5, 0.6) is 0 Å². The third-order valence-corrected chi connectivity index (χ3v) is 6.55. The molecule has 4 atom stereocenters. The number of allylic oxidation sites excluding steroid dienone is 1. The van der Waals surface area contributed by atoms with E-state index in [0.29, 0.717) is 18.4 Å². The topological polar surface area (TPSA) is 59.7 Å². The molecule has 0 spiro atoms. The molecule has 4 nitrogen and oxygen atoms in total. The molecule has 0 radical (unpaired) electrons. The molecule has 1 saturated carbocycles. The van der Waals surface area contributed by atoms with E-state index in [1.807, 2.05) is 6.92 Å². The Bertz CT molecular complexity index is 686. The number of carbonyl (C=O) groups is 1. The minimum absolute atomic E-state index is 0.229. The van der Waals surface area contributed by atoms with Gasteiger partial charge in [0.2, 0.25) is 0 Å². The van der Waals surface area contributed by atoms with Gasteiger partial charge in [-0.1, -0.05) is 19.9 Å². The Hall–Kier alpha value is -1.55. The van der Waals surface area contributed by atoms with Crippen LogP contribution in [0.2, 0.25) is 0 Å². The lowest BCUT2D eigenvalue weighted by Gasteiger charge is -2.56. The molecule has 1 heterocycles. The van der Waals surface area contributed by atoms with Crippen LogP contribution in [-0.2, 0) is 22.4 Å². The van der Waals surface area contributed by atoms with Crippen LogP contribution in [0, 0.1) is 18.3 Å². The fourth-order valence-electron chi connectivity index (χ4n) is 4.41. The highest BCUT2D eigenvalue weighted by Crippen LogP contribution is 2.55. The van der Waals surface area contributed by atoms with Crippen LogP contribution in [-0.4, -0.2) is 22.8 Å². The van der Waals surface area contributed by atoms with Crippen molar-refractivity contribution in [3.05, 3.63) is 34.8 Å². The molecule has 2 aliphatic carbocycles. The second-order valence-corrected chi connectivity index (χ2v) is 7.96. The Kier molecular flexibility index (Phi) is 4.15. The van der Waals surface area contributed by atoms with Gasteiger partial charge in [-0.2, -0.15) is 0 Å². The molecule has 0 amide bonds. The zero-order valence-electron chi connectivity index (χ0n) is 15.3. The molecule has 4 heteroatoms. The van der Waals surface area contributed by atoms with Gasteiger partial charge in [-0.25, -0.2) is 4.79 Å². The quantitative estimate of drug-likeness (QED) is 0.662. The van der Waals surface area contributed by atoms with Crippen molar-refractivity contribution in [2.75, 3.05) is 0 Å². The van der Waals surface area contributed by atoms with Crippen LogP contribution in [0.4, 0.5) is 0 Å². The van der Waals surface area contributed by atoms with Gasteiger partial charge in [0.1, 0.15) is 11.9 Å². The van der Waals surface area contributed by atoms with Crippen LogP contribution in [0.3, 0.4) is 0 Å².